The molecule has 0 unspecified atom stereocenters. The van der Waals surface area contributed by atoms with Crippen LogP contribution in [0.2, 0.25) is 0 Å². The first-order chi connectivity index (χ1) is 13.3. The second-order valence-corrected chi connectivity index (χ2v) is 7.08. The van der Waals surface area contributed by atoms with Crippen LogP contribution in [0.4, 0.5) is 11.4 Å². The van der Waals surface area contributed by atoms with Gasteiger partial charge in [0.2, 0.25) is 5.91 Å². The summed E-state index contributed by atoms with van der Waals surface area (Å²) < 4.78 is 5.06. The van der Waals surface area contributed by atoms with Crippen molar-refractivity contribution in [3.05, 3.63) is 33.9 Å². The molecule has 0 spiro atoms. The van der Waals surface area contributed by atoms with Crippen molar-refractivity contribution < 1.29 is 24.0 Å². The third-order valence-electron chi connectivity index (χ3n) is 5.36. The third-order valence-corrected chi connectivity index (χ3v) is 5.36. The summed E-state index contributed by atoms with van der Waals surface area (Å²) >= 11 is 0. The Morgan fingerprint density at radius 1 is 1.29 bits per heavy atom. The summed E-state index contributed by atoms with van der Waals surface area (Å²) in [6.07, 6.45) is 1.18. The molecule has 0 bridgehead atoms. The van der Waals surface area contributed by atoms with E-state index in [4.69, 9.17) is 4.74 Å². The van der Waals surface area contributed by atoms with Gasteiger partial charge in [-0.1, -0.05) is 6.07 Å². The van der Waals surface area contributed by atoms with E-state index in [1.54, 1.807) is 13.8 Å². The van der Waals surface area contributed by atoms with Crippen molar-refractivity contribution in [2.24, 2.45) is 5.92 Å². The predicted molar refractivity (Wildman–Crippen MR) is 99.7 cm³/mol. The number of hydrogen-bond acceptors (Lipinski definition) is 7. The van der Waals surface area contributed by atoms with Crippen LogP contribution in [0.3, 0.4) is 0 Å². The Morgan fingerprint density at radius 3 is 2.57 bits per heavy atom. The number of aryl methyl sites for hydroxylation is 1. The summed E-state index contributed by atoms with van der Waals surface area (Å²) in [5.74, 6) is -1.14. The smallest absolute Gasteiger partial charge is 0.309 e. The highest BCUT2D eigenvalue weighted by Gasteiger charge is 2.44. The molecule has 1 aromatic carbocycles. The van der Waals surface area contributed by atoms with Crippen LogP contribution in [-0.4, -0.2) is 53.3 Å². The van der Waals surface area contributed by atoms with E-state index < -0.39 is 11.0 Å². The molecule has 1 atom stereocenters. The molecule has 2 heterocycles. The summed E-state index contributed by atoms with van der Waals surface area (Å²) in [4.78, 5) is 50.9. The number of rotatable bonds is 5. The molecule has 3 rings (SSSR count). The first-order valence-electron chi connectivity index (χ1n) is 9.36. The summed E-state index contributed by atoms with van der Waals surface area (Å²) in [6, 6.07) is 3.54. The fourth-order valence-corrected chi connectivity index (χ4v) is 3.81. The Morgan fingerprint density at radius 2 is 1.96 bits per heavy atom. The molecular formula is C19H23N3O6. The number of carbonyl (C=O) groups is 3. The second kappa shape index (κ2) is 8.05. The van der Waals surface area contributed by atoms with Gasteiger partial charge < -0.3 is 4.74 Å². The van der Waals surface area contributed by atoms with Crippen LogP contribution in [0.5, 0.6) is 0 Å². The van der Waals surface area contributed by atoms with E-state index >= 15 is 0 Å². The number of esters is 1. The van der Waals surface area contributed by atoms with E-state index in [0.29, 0.717) is 38.1 Å². The molecule has 2 fully saturated rings. The third kappa shape index (κ3) is 3.75. The molecule has 0 radical (unpaired) electrons. The molecule has 0 aliphatic carbocycles. The molecular weight excluding hydrogens is 366 g/mol. The Bertz CT molecular complexity index is 816. The van der Waals surface area contributed by atoms with Gasteiger partial charge >= 0.3 is 5.97 Å². The molecule has 9 nitrogen and oxygen atoms in total. The number of likely N-dealkylation sites (tertiary alicyclic amines) is 1. The van der Waals surface area contributed by atoms with Crippen molar-refractivity contribution in [3.8, 4) is 0 Å². The Hall–Kier alpha value is -2.81. The van der Waals surface area contributed by atoms with Gasteiger partial charge in [0.1, 0.15) is 0 Å². The number of nitrogens with zero attached hydrogens (tertiary/aromatic N) is 3. The van der Waals surface area contributed by atoms with Gasteiger partial charge in [0.05, 0.1) is 35.6 Å². The number of ether oxygens (including phenoxy) is 1. The monoisotopic (exact) mass is 389 g/mol. The topological polar surface area (TPSA) is 110 Å². The first-order valence-corrected chi connectivity index (χ1v) is 9.36. The van der Waals surface area contributed by atoms with E-state index in [1.807, 2.05) is 4.90 Å². The van der Waals surface area contributed by atoms with Gasteiger partial charge in [-0.05, 0) is 45.3 Å². The Labute approximate surface area is 162 Å². The highest BCUT2D eigenvalue weighted by molar-refractivity contribution is 6.22. The van der Waals surface area contributed by atoms with E-state index in [9.17, 15) is 24.5 Å². The number of anilines is 1. The number of piperidine rings is 1. The van der Waals surface area contributed by atoms with Gasteiger partial charge in [-0.2, -0.15) is 0 Å². The van der Waals surface area contributed by atoms with Crippen LogP contribution in [0.25, 0.3) is 0 Å². The molecule has 0 N–H and O–H groups in total. The van der Waals surface area contributed by atoms with Gasteiger partial charge in [0, 0.05) is 12.1 Å². The number of benzene rings is 1. The summed E-state index contributed by atoms with van der Waals surface area (Å²) in [6.45, 7) is 4.86. The highest BCUT2D eigenvalue weighted by atomic mass is 16.6. The Balaban J connectivity index is 1.74. The molecule has 2 saturated heterocycles. The van der Waals surface area contributed by atoms with Crippen molar-refractivity contribution in [2.75, 3.05) is 24.6 Å². The molecule has 1 aromatic rings. The van der Waals surface area contributed by atoms with Gasteiger partial charge in [-0.15, -0.1) is 0 Å². The van der Waals surface area contributed by atoms with Gasteiger partial charge in [0.15, 0.2) is 0 Å². The number of imide groups is 1. The summed E-state index contributed by atoms with van der Waals surface area (Å²) in [5, 5.41) is 11.1. The maximum absolute atomic E-state index is 13.0. The second-order valence-electron chi connectivity index (χ2n) is 7.08. The molecule has 2 aliphatic rings. The lowest BCUT2D eigenvalue weighted by molar-refractivity contribution is -0.384. The van der Waals surface area contributed by atoms with Crippen molar-refractivity contribution in [2.45, 2.75) is 39.2 Å². The van der Waals surface area contributed by atoms with Crippen LogP contribution in [0, 0.1) is 23.0 Å². The zero-order valence-electron chi connectivity index (χ0n) is 15.9. The predicted octanol–water partition coefficient (Wildman–Crippen LogP) is 1.81. The first kappa shape index (κ1) is 19.9. The number of nitro benzene ring substituents is 1. The molecule has 0 aromatic heterocycles. The van der Waals surface area contributed by atoms with Crippen molar-refractivity contribution in [1.29, 1.82) is 0 Å². The van der Waals surface area contributed by atoms with Crippen molar-refractivity contribution in [1.82, 2.24) is 4.90 Å². The standard InChI is InChI=1S/C19H23N3O6/c1-3-28-19(25)13-6-8-20(9-7-13)16-11-17(23)21(18(16)24)15-10-14(22(26)27)5-4-12(15)2/h4-5,10,13,16H,3,6-9,11H2,1-2H3/t16-/m0/s1. The largest absolute Gasteiger partial charge is 0.466 e. The van der Waals surface area contributed by atoms with E-state index in [-0.39, 0.29) is 41.5 Å². The molecule has 28 heavy (non-hydrogen) atoms. The summed E-state index contributed by atoms with van der Waals surface area (Å²) in [7, 11) is 0. The fourth-order valence-electron chi connectivity index (χ4n) is 3.81. The maximum atomic E-state index is 13.0. The molecule has 2 amide bonds. The van der Waals surface area contributed by atoms with Crippen LogP contribution in [-0.2, 0) is 19.1 Å². The van der Waals surface area contributed by atoms with Gasteiger partial charge in [-0.3, -0.25) is 29.4 Å². The number of amides is 2. The van der Waals surface area contributed by atoms with Crippen molar-refractivity contribution in [3.63, 3.8) is 0 Å². The molecule has 150 valence electrons. The van der Waals surface area contributed by atoms with Gasteiger partial charge in [-0.25, -0.2) is 4.90 Å². The average molecular weight is 389 g/mol. The summed E-state index contributed by atoms with van der Waals surface area (Å²) in [5.41, 5.74) is 0.710. The van der Waals surface area contributed by atoms with E-state index in [2.05, 4.69) is 0 Å². The lowest BCUT2D eigenvalue weighted by Crippen LogP contribution is -2.47. The van der Waals surface area contributed by atoms with Crippen molar-refractivity contribution >= 4 is 29.2 Å². The molecule has 9 heteroatoms. The quantitative estimate of drug-likeness (QED) is 0.327. The average Bonchev–Trinajstić information content (AvgIpc) is 2.96. The minimum Gasteiger partial charge on any atom is -0.466 e. The molecule has 2 aliphatic heterocycles. The fraction of sp³-hybridized carbons (Fsp3) is 0.526. The van der Waals surface area contributed by atoms with E-state index in [0.717, 1.165) is 4.90 Å². The normalized spacial score (nSPS) is 21.2. The lowest BCUT2D eigenvalue weighted by Gasteiger charge is -2.33. The minimum absolute atomic E-state index is 0.0328. The number of non-ortho nitro benzene ring substituents is 1. The van der Waals surface area contributed by atoms with Crippen LogP contribution in [0.1, 0.15) is 31.7 Å². The van der Waals surface area contributed by atoms with E-state index in [1.165, 1.54) is 18.2 Å². The SMILES string of the molecule is CCOC(=O)C1CCN([C@H]2CC(=O)N(c3cc([N+](=O)[O-])ccc3C)C2=O)CC1. The lowest BCUT2D eigenvalue weighted by atomic mass is 9.95. The molecule has 0 saturated carbocycles. The zero-order valence-corrected chi connectivity index (χ0v) is 15.9. The Kier molecular flexibility index (Phi) is 5.73. The van der Waals surface area contributed by atoms with Crippen LogP contribution in [0.15, 0.2) is 18.2 Å². The highest BCUT2D eigenvalue weighted by Crippen LogP contribution is 2.32. The number of nitro groups is 1. The number of carbonyl (C=O) groups excluding carboxylic acids is 3. The number of hydrogen-bond donors (Lipinski definition) is 0. The minimum atomic E-state index is -0.602. The van der Waals surface area contributed by atoms with Crippen LogP contribution >= 0.6 is 0 Å². The van der Waals surface area contributed by atoms with Gasteiger partial charge in [0.25, 0.3) is 11.6 Å². The maximum Gasteiger partial charge on any atom is 0.309 e. The zero-order chi connectivity index (χ0) is 20.4. The van der Waals surface area contributed by atoms with Crippen LogP contribution < -0.4 is 4.90 Å².